The van der Waals surface area contributed by atoms with Crippen LogP contribution in [0.5, 0.6) is 11.5 Å². The Morgan fingerprint density at radius 3 is 2.44 bits per heavy atom. The number of anilines is 1. The number of furan rings is 1. The molecular weight excluding hydrogens is 325 g/mol. The number of carbonyl (C=O) groups excluding carboxylic acids is 1. The van der Waals surface area contributed by atoms with Crippen LogP contribution in [-0.4, -0.2) is 19.1 Å². The number of para-hydroxylation sites is 1. The molecule has 1 heterocycles. The number of ether oxygens (including phenoxy) is 2. The van der Waals surface area contributed by atoms with Gasteiger partial charge in [0.15, 0.2) is 17.3 Å². The number of benzene rings is 2. The van der Waals surface area contributed by atoms with Crippen molar-refractivity contribution >= 4 is 11.6 Å². The molecule has 1 aromatic heterocycles. The van der Waals surface area contributed by atoms with Gasteiger partial charge < -0.3 is 19.2 Å². The Kier molecular flexibility index (Phi) is 5.31. The summed E-state index contributed by atoms with van der Waals surface area (Å²) in [6, 6.07) is 16.3. The zero-order valence-corrected chi connectivity index (χ0v) is 13.3. The highest BCUT2D eigenvalue weighted by Gasteiger charge is 2.08. The Bertz CT molecular complexity index is 816. The lowest BCUT2D eigenvalue weighted by Crippen LogP contribution is -2.11. The van der Waals surface area contributed by atoms with Crippen LogP contribution in [0.1, 0.15) is 10.6 Å². The molecule has 0 aliphatic heterocycles. The third-order valence-electron chi connectivity index (χ3n) is 3.30. The smallest absolute Gasteiger partial charge is 0.291 e. The first-order chi connectivity index (χ1) is 12.2. The minimum absolute atomic E-state index is 0.196. The molecule has 1 N–H and O–H groups in total. The van der Waals surface area contributed by atoms with E-state index in [0.717, 1.165) is 0 Å². The highest BCUT2D eigenvalue weighted by atomic mass is 19.1. The summed E-state index contributed by atoms with van der Waals surface area (Å²) >= 11 is 0. The number of hydrogen-bond donors (Lipinski definition) is 1. The van der Waals surface area contributed by atoms with Crippen LogP contribution in [0.2, 0.25) is 0 Å². The molecule has 0 saturated carbocycles. The van der Waals surface area contributed by atoms with Gasteiger partial charge in [0.1, 0.15) is 19.0 Å². The summed E-state index contributed by atoms with van der Waals surface area (Å²) in [5.41, 5.74) is 0.622. The molecule has 0 spiro atoms. The van der Waals surface area contributed by atoms with Crippen LogP contribution < -0.4 is 14.8 Å². The molecule has 3 rings (SSSR count). The summed E-state index contributed by atoms with van der Waals surface area (Å²) in [6.45, 7) is 0.490. The van der Waals surface area contributed by atoms with Gasteiger partial charge >= 0.3 is 0 Å². The van der Waals surface area contributed by atoms with E-state index in [1.807, 2.05) is 0 Å². The average Bonchev–Trinajstić information content (AvgIpc) is 3.16. The van der Waals surface area contributed by atoms with E-state index in [1.54, 1.807) is 54.6 Å². The number of amides is 1. The van der Waals surface area contributed by atoms with E-state index in [9.17, 15) is 9.18 Å². The second-order valence-corrected chi connectivity index (χ2v) is 5.08. The first-order valence-electron chi connectivity index (χ1n) is 7.67. The van der Waals surface area contributed by atoms with Gasteiger partial charge in [0.25, 0.3) is 5.91 Å². The van der Waals surface area contributed by atoms with Crippen LogP contribution in [0.25, 0.3) is 0 Å². The van der Waals surface area contributed by atoms with Crippen molar-refractivity contribution in [3.8, 4) is 11.5 Å². The first-order valence-corrected chi connectivity index (χ1v) is 7.67. The van der Waals surface area contributed by atoms with E-state index in [4.69, 9.17) is 13.9 Å². The van der Waals surface area contributed by atoms with Crippen LogP contribution in [0.3, 0.4) is 0 Å². The highest BCUT2D eigenvalue weighted by Crippen LogP contribution is 2.18. The molecule has 1 amide bonds. The molecule has 0 bridgehead atoms. The quantitative estimate of drug-likeness (QED) is 0.657. The molecule has 0 unspecified atom stereocenters. The molecule has 0 atom stereocenters. The van der Waals surface area contributed by atoms with Crippen LogP contribution in [0, 0.1) is 5.82 Å². The third-order valence-corrected chi connectivity index (χ3v) is 3.30. The molecule has 6 heteroatoms. The summed E-state index contributed by atoms with van der Waals surface area (Å²) in [7, 11) is 0. The van der Waals surface area contributed by atoms with Gasteiger partial charge in [-0.25, -0.2) is 4.39 Å². The normalized spacial score (nSPS) is 10.3. The Balaban J connectivity index is 1.45. The van der Waals surface area contributed by atoms with Gasteiger partial charge in [-0.3, -0.25) is 4.79 Å². The van der Waals surface area contributed by atoms with Crippen LogP contribution in [0.15, 0.2) is 71.3 Å². The fourth-order valence-corrected chi connectivity index (χ4v) is 2.11. The van der Waals surface area contributed by atoms with Crippen molar-refractivity contribution in [2.24, 2.45) is 0 Å². The van der Waals surface area contributed by atoms with Crippen LogP contribution in [0.4, 0.5) is 10.1 Å². The Morgan fingerprint density at radius 2 is 1.72 bits per heavy atom. The lowest BCUT2D eigenvalue weighted by molar-refractivity contribution is 0.0996. The molecule has 5 nitrogen and oxygen atoms in total. The standard InChI is InChI=1S/C19H16FNO4/c20-16-4-1-2-5-17(16)25-13-12-23-15-9-7-14(8-10-15)21-19(22)18-6-3-11-24-18/h1-11H,12-13H2,(H,21,22). The van der Waals surface area contributed by atoms with Crippen molar-refractivity contribution in [3.63, 3.8) is 0 Å². The molecule has 2 aromatic carbocycles. The van der Waals surface area contributed by atoms with Crippen LogP contribution in [-0.2, 0) is 0 Å². The van der Waals surface area contributed by atoms with Crippen molar-refractivity contribution in [3.05, 3.63) is 78.5 Å². The van der Waals surface area contributed by atoms with Gasteiger partial charge in [-0.15, -0.1) is 0 Å². The fourth-order valence-electron chi connectivity index (χ4n) is 2.11. The summed E-state index contributed by atoms with van der Waals surface area (Å²) in [4.78, 5) is 11.8. The minimum atomic E-state index is -0.404. The van der Waals surface area contributed by atoms with E-state index in [-0.39, 0.29) is 30.6 Å². The molecule has 25 heavy (non-hydrogen) atoms. The van der Waals surface area contributed by atoms with E-state index >= 15 is 0 Å². The predicted molar refractivity (Wildman–Crippen MR) is 90.5 cm³/mol. The topological polar surface area (TPSA) is 60.7 Å². The molecule has 128 valence electrons. The zero-order valence-electron chi connectivity index (χ0n) is 13.3. The summed E-state index contributed by atoms with van der Waals surface area (Å²) in [6.07, 6.45) is 1.44. The minimum Gasteiger partial charge on any atom is -0.490 e. The van der Waals surface area contributed by atoms with Crippen molar-refractivity contribution in [2.75, 3.05) is 18.5 Å². The molecule has 0 saturated heterocycles. The summed E-state index contributed by atoms with van der Waals surface area (Å²) in [5.74, 6) is 0.331. The maximum absolute atomic E-state index is 13.4. The number of hydrogen-bond acceptors (Lipinski definition) is 4. The summed E-state index contributed by atoms with van der Waals surface area (Å²) < 4.78 is 29.2. The monoisotopic (exact) mass is 341 g/mol. The average molecular weight is 341 g/mol. The zero-order chi connectivity index (χ0) is 17.5. The Labute approximate surface area is 144 Å². The predicted octanol–water partition coefficient (Wildman–Crippen LogP) is 4.13. The van der Waals surface area contributed by atoms with Gasteiger partial charge in [0, 0.05) is 5.69 Å². The Hall–Kier alpha value is -3.28. The van der Waals surface area contributed by atoms with Gasteiger partial charge in [0.05, 0.1) is 6.26 Å². The van der Waals surface area contributed by atoms with Crippen molar-refractivity contribution in [1.82, 2.24) is 0 Å². The van der Waals surface area contributed by atoms with Crippen LogP contribution >= 0.6 is 0 Å². The van der Waals surface area contributed by atoms with E-state index in [0.29, 0.717) is 11.4 Å². The van der Waals surface area contributed by atoms with E-state index in [2.05, 4.69) is 5.32 Å². The number of carbonyl (C=O) groups is 1. The van der Waals surface area contributed by atoms with Crippen molar-refractivity contribution < 1.29 is 23.1 Å². The summed E-state index contributed by atoms with van der Waals surface area (Å²) in [5, 5.41) is 2.71. The number of rotatable bonds is 7. The first kappa shape index (κ1) is 16.6. The molecule has 0 aliphatic rings. The Morgan fingerprint density at radius 1 is 0.960 bits per heavy atom. The van der Waals surface area contributed by atoms with Gasteiger partial charge in [-0.2, -0.15) is 0 Å². The molecule has 3 aromatic rings. The number of halogens is 1. The second-order valence-electron chi connectivity index (χ2n) is 5.08. The highest BCUT2D eigenvalue weighted by molar-refractivity contribution is 6.02. The molecule has 0 fully saturated rings. The largest absolute Gasteiger partial charge is 0.490 e. The van der Waals surface area contributed by atoms with Gasteiger partial charge in [0.2, 0.25) is 0 Å². The van der Waals surface area contributed by atoms with Gasteiger partial charge in [-0.1, -0.05) is 12.1 Å². The number of nitrogens with one attached hydrogen (secondary N) is 1. The van der Waals surface area contributed by atoms with Gasteiger partial charge in [-0.05, 0) is 48.5 Å². The molecular formula is C19H16FNO4. The van der Waals surface area contributed by atoms with E-state index in [1.165, 1.54) is 12.3 Å². The van der Waals surface area contributed by atoms with E-state index < -0.39 is 5.82 Å². The third kappa shape index (κ3) is 4.60. The second kappa shape index (κ2) is 8.01. The molecule has 0 aliphatic carbocycles. The van der Waals surface area contributed by atoms with Crippen molar-refractivity contribution in [2.45, 2.75) is 0 Å². The maximum Gasteiger partial charge on any atom is 0.291 e. The van der Waals surface area contributed by atoms with Crippen molar-refractivity contribution in [1.29, 1.82) is 0 Å². The lowest BCUT2D eigenvalue weighted by Gasteiger charge is -2.09. The fraction of sp³-hybridized carbons (Fsp3) is 0.105. The molecule has 0 radical (unpaired) electrons. The lowest BCUT2D eigenvalue weighted by atomic mass is 10.3. The maximum atomic E-state index is 13.4. The SMILES string of the molecule is O=C(Nc1ccc(OCCOc2ccccc2F)cc1)c1ccco1.